The summed E-state index contributed by atoms with van der Waals surface area (Å²) < 4.78 is 20.0. The third-order valence-electron chi connectivity index (χ3n) is 7.34. The Morgan fingerprint density at radius 2 is 1.95 bits per heavy atom. The number of hydrogen-bond acceptors (Lipinski definition) is 9. The van der Waals surface area contributed by atoms with Crippen LogP contribution < -0.4 is 16.0 Å². The van der Waals surface area contributed by atoms with E-state index in [1.807, 2.05) is 38.1 Å². The number of aryl methyl sites for hydroxylation is 1. The molecule has 12 heteroatoms. The van der Waals surface area contributed by atoms with Gasteiger partial charge in [-0.05, 0) is 46.2 Å². The molecule has 41 heavy (non-hydrogen) atoms. The van der Waals surface area contributed by atoms with Crippen LogP contribution in [0.2, 0.25) is 0 Å². The van der Waals surface area contributed by atoms with Crippen molar-refractivity contribution in [2.24, 2.45) is 0 Å². The highest BCUT2D eigenvalue weighted by atomic mass is 32.1. The number of thiophene rings is 1. The molecule has 0 unspecified atom stereocenters. The first-order chi connectivity index (χ1) is 19.4. The molecular weight excluding hydrogens is 548 g/mol. The number of oxazole rings is 1. The Balaban J connectivity index is 1.76. The maximum absolute atomic E-state index is 14.3. The van der Waals surface area contributed by atoms with E-state index in [0.29, 0.717) is 32.3 Å². The summed E-state index contributed by atoms with van der Waals surface area (Å²) in [6.45, 7) is 9.04. The molecule has 1 N–H and O–H groups in total. The molecule has 1 aliphatic rings. The smallest absolute Gasteiger partial charge is 0.333 e. The van der Waals surface area contributed by atoms with E-state index in [2.05, 4.69) is 4.98 Å². The lowest BCUT2D eigenvalue weighted by Gasteiger charge is -2.41. The Kier molecular flexibility index (Phi) is 7.66. The lowest BCUT2D eigenvalue weighted by molar-refractivity contribution is -0.149. The highest BCUT2D eigenvalue weighted by Gasteiger charge is 2.42. The van der Waals surface area contributed by atoms with Crippen LogP contribution in [0.5, 0.6) is 5.75 Å². The fraction of sp³-hybridized carbons (Fsp3) is 0.448. The van der Waals surface area contributed by atoms with Gasteiger partial charge in [-0.3, -0.25) is 14.2 Å². The number of amides is 1. The first kappa shape index (κ1) is 28.8. The van der Waals surface area contributed by atoms with Gasteiger partial charge in [-0.2, -0.15) is 0 Å². The fourth-order valence-electron chi connectivity index (χ4n) is 5.29. The van der Waals surface area contributed by atoms with Gasteiger partial charge in [0.25, 0.3) is 5.56 Å². The van der Waals surface area contributed by atoms with Gasteiger partial charge in [0.15, 0.2) is 0 Å². The van der Waals surface area contributed by atoms with Crippen LogP contribution in [0.25, 0.3) is 21.0 Å². The average Bonchev–Trinajstić information content (AvgIpc) is 3.56. The molecule has 5 rings (SSSR count). The van der Waals surface area contributed by atoms with Crippen molar-refractivity contribution >= 4 is 27.5 Å². The molecule has 3 aromatic heterocycles. The molecule has 4 heterocycles. The molecule has 0 saturated carbocycles. The molecule has 1 aromatic carbocycles. The van der Waals surface area contributed by atoms with Crippen LogP contribution in [0.1, 0.15) is 44.9 Å². The molecule has 218 valence electrons. The monoisotopic (exact) mass is 582 g/mol. The van der Waals surface area contributed by atoms with E-state index < -0.39 is 34.9 Å². The molecule has 11 nitrogen and oxygen atoms in total. The first-order valence-corrected chi connectivity index (χ1v) is 14.2. The van der Waals surface area contributed by atoms with Crippen LogP contribution in [-0.2, 0) is 21.6 Å². The van der Waals surface area contributed by atoms with E-state index in [1.54, 1.807) is 27.9 Å². The average molecular weight is 583 g/mol. The predicted octanol–water partition coefficient (Wildman–Crippen LogP) is 3.30. The van der Waals surface area contributed by atoms with Crippen LogP contribution in [0.15, 0.2) is 50.7 Å². The van der Waals surface area contributed by atoms with E-state index >= 15 is 0 Å². The van der Waals surface area contributed by atoms with Crippen LogP contribution in [-0.4, -0.2) is 62.4 Å². The third kappa shape index (κ3) is 5.00. The quantitative estimate of drug-likeness (QED) is 0.318. The molecule has 0 aliphatic carbocycles. The third-order valence-corrected chi connectivity index (χ3v) is 8.64. The van der Waals surface area contributed by atoms with Gasteiger partial charge in [-0.15, -0.1) is 11.3 Å². The lowest BCUT2D eigenvalue weighted by atomic mass is 9.99. The normalized spacial score (nSPS) is 15.0. The van der Waals surface area contributed by atoms with Gasteiger partial charge < -0.3 is 23.9 Å². The first-order valence-electron chi connectivity index (χ1n) is 13.4. The van der Waals surface area contributed by atoms with Crippen molar-refractivity contribution in [3.05, 3.63) is 68.7 Å². The molecule has 1 fully saturated rings. The second-order valence-electron chi connectivity index (χ2n) is 10.9. The number of aromatic nitrogens is 3. The largest absolute Gasteiger partial charge is 0.496 e. The van der Waals surface area contributed by atoms with Gasteiger partial charge in [0, 0.05) is 18.7 Å². The zero-order valence-corrected chi connectivity index (χ0v) is 24.7. The van der Waals surface area contributed by atoms with Crippen molar-refractivity contribution in [1.29, 1.82) is 0 Å². The number of β-amino-alcohol motifs (C(OH)–C–C–N with tert-alkyl or cyclic N) is 1. The standard InChI is InChI=1S/C29H34N4O7S/c1-16(2)40-21(19-9-7-8-10-20(19)38-6)15-32-26-22(17(3)23(41-26)24-30-11-12-39-24)25(35)33(28(32)37)29(4,5)27(36)31-13-18(34)14-31/h7-12,16,18,21,34H,13-15H2,1-6H3/t21-/m0/s1. The number of likely N-dealkylation sites (tertiary alicyclic amines) is 1. The number of rotatable bonds is 9. The second-order valence-corrected chi connectivity index (χ2v) is 11.9. The predicted molar refractivity (Wildman–Crippen MR) is 154 cm³/mol. The summed E-state index contributed by atoms with van der Waals surface area (Å²) in [5.74, 6) is 0.511. The SMILES string of the molecule is COc1ccccc1[C@H](Cn1c(=O)n(C(C)(C)C(=O)N2CC(O)C2)c(=O)c2c(C)c(-c3ncco3)sc21)OC(C)C. The molecule has 1 atom stereocenters. The van der Waals surface area contributed by atoms with Crippen LogP contribution in [0.4, 0.5) is 0 Å². The van der Waals surface area contributed by atoms with E-state index in [4.69, 9.17) is 13.9 Å². The lowest BCUT2D eigenvalue weighted by Crippen LogP contribution is -2.62. The number of carbonyl (C=O) groups excluding carboxylic acids is 1. The number of ether oxygens (including phenoxy) is 2. The van der Waals surface area contributed by atoms with Gasteiger partial charge in [-0.1, -0.05) is 18.2 Å². The zero-order chi connectivity index (χ0) is 29.6. The molecule has 0 spiro atoms. The molecule has 1 aliphatic heterocycles. The molecule has 0 radical (unpaired) electrons. The number of fused-ring (bicyclic) bond motifs is 1. The minimum absolute atomic E-state index is 0.0475. The van der Waals surface area contributed by atoms with Crippen molar-refractivity contribution in [3.63, 3.8) is 0 Å². The maximum atomic E-state index is 14.3. The Hall–Kier alpha value is -3.74. The summed E-state index contributed by atoms with van der Waals surface area (Å²) in [5, 5.41) is 10.1. The molecule has 1 saturated heterocycles. The Bertz CT molecular complexity index is 1690. The second kappa shape index (κ2) is 10.9. The number of para-hydroxylation sites is 1. The molecule has 0 bridgehead atoms. The van der Waals surface area contributed by atoms with E-state index in [9.17, 15) is 19.5 Å². The topological polar surface area (TPSA) is 129 Å². The van der Waals surface area contributed by atoms with Crippen molar-refractivity contribution in [3.8, 4) is 16.5 Å². The highest BCUT2D eigenvalue weighted by molar-refractivity contribution is 7.22. The maximum Gasteiger partial charge on any atom is 0.333 e. The summed E-state index contributed by atoms with van der Waals surface area (Å²) in [6.07, 6.45) is 1.54. The summed E-state index contributed by atoms with van der Waals surface area (Å²) in [5.41, 5.74) is -1.41. The molecular formula is C29H34N4O7S. The summed E-state index contributed by atoms with van der Waals surface area (Å²) in [7, 11) is 1.57. The highest BCUT2D eigenvalue weighted by Crippen LogP contribution is 2.37. The number of hydrogen-bond donors (Lipinski definition) is 1. The Morgan fingerprint density at radius 1 is 1.24 bits per heavy atom. The van der Waals surface area contributed by atoms with Crippen molar-refractivity contribution in [1.82, 2.24) is 19.0 Å². The summed E-state index contributed by atoms with van der Waals surface area (Å²) in [6, 6.07) is 7.42. The minimum Gasteiger partial charge on any atom is -0.496 e. The van der Waals surface area contributed by atoms with Crippen molar-refractivity contribution in [2.75, 3.05) is 20.2 Å². The number of carbonyl (C=O) groups is 1. The Morgan fingerprint density at radius 3 is 2.56 bits per heavy atom. The fourth-order valence-corrected chi connectivity index (χ4v) is 6.53. The number of nitrogens with zero attached hydrogens (tertiary/aromatic N) is 4. The van der Waals surface area contributed by atoms with Gasteiger partial charge >= 0.3 is 5.69 Å². The van der Waals surface area contributed by atoms with Crippen molar-refractivity contribution < 1.29 is 23.8 Å². The molecule has 1 amide bonds. The van der Waals surface area contributed by atoms with Gasteiger partial charge in [0.05, 0.1) is 42.3 Å². The number of benzene rings is 1. The van der Waals surface area contributed by atoms with E-state index in [-0.39, 0.29) is 25.7 Å². The van der Waals surface area contributed by atoms with Gasteiger partial charge in [0.2, 0.25) is 11.8 Å². The summed E-state index contributed by atoms with van der Waals surface area (Å²) in [4.78, 5) is 48.8. The number of aliphatic hydroxyl groups is 1. The molecule has 4 aromatic rings. The van der Waals surface area contributed by atoms with Crippen molar-refractivity contribution in [2.45, 2.75) is 65.0 Å². The Labute approximate surface area is 240 Å². The van der Waals surface area contributed by atoms with Gasteiger partial charge in [-0.25, -0.2) is 14.3 Å². The van der Waals surface area contributed by atoms with Gasteiger partial charge in [0.1, 0.15) is 28.5 Å². The number of aliphatic hydroxyl groups excluding tert-OH is 1. The number of methoxy groups -OCH3 is 1. The van der Waals surface area contributed by atoms with E-state index in [1.165, 1.54) is 33.3 Å². The van der Waals surface area contributed by atoms with Crippen LogP contribution in [0, 0.1) is 6.92 Å². The van der Waals surface area contributed by atoms with E-state index in [0.717, 1.165) is 10.1 Å². The minimum atomic E-state index is -1.53. The van der Waals surface area contributed by atoms with Crippen LogP contribution in [0.3, 0.4) is 0 Å². The summed E-state index contributed by atoms with van der Waals surface area (Å²) >= 11 is 1.23. The van der Waals surface area contributed by atoms with Crippen LogP contribution >= 0.6 is 11.3 Å². The zero-order valence-electron chi connectivity index (χ0n) is 23.9.